The number of benzene rings is 1. The van der Waals surface area contributed by atoms with Crippen molar-refractivity contribution in [3.05, 3.63) is 52.3 Å². The number of hydrogen-bond donors (Lipinski definition) is 0. The molecule has 102 valence electrons. The van der Waals surface area contributed by atoms with Crippen molar-refractivity contribution in [1.29, 1.82) is 0 Å². The quantitative estimate of drug-likeness (QED) is 0.538. The molecule has 0 amide bonds. The zero-order chi connectivity index (χ0) is 14.1. The van der Waals surface area contributed by atoms with Crippen LogP contribution in [0, 0.1) is 10.1 Å². The highest BCUT2D eigenvalue weighted by Crippen LogP contribution is 2.22. The number of non-ortho nitro benzene ring substituents is 1. The maximum Gasteiger partial charge on any atom is 0.271 e. The van der Waals surface area contributed by atoms with Crippen LogP contribution in [-0.4, -0.2) is 19.6 Å². The Kier molecular flexibility index (Phi) is 2.94. The first-order valence-corrected chi connectivity index (χ1v) is 6.22. The summed E-state index contributed by atoms with van der Waals surface area (Å²) in [6.07, 6.45) is 2.56. The summed E-state index contributed by atoms with van der Waals surface area (Å²) < 4.78 is 7.00. The summed E-state index contributed by atoms with van der Waals surface area (Å²) in [6.45, 7) is 2.35. The maximum atomic E-state index is 10.8. The minimum atomic E-state index is -0.404. The second-order valence-electron chi connectivity index (χ2n) is 4.40. The van der Waals surface area contributed by atoms with E-state index >= 15 is 0 Å². The molecule has 2 aromatic heterocycles. The number of nitro benzene ring substituents is 1. The molecule has 0 atom stereocenters. The molecule has 0 aliphatic heterocycles. The predicted octanol–water partition coefficient (Wildman–Crippen LogP) is 2.54. The largest absolute Gasteiger partial charge is 0.338 e. The SMILES string of the molecule is CCc1noc(Cn2ccc3ccc([N+](=O)[O-])cc32)n1. The second-order valence-corrected chi connectivity index (χ2v) is 4.40. The summed E-state index contributed by atoms with van der Waals surface area (Å²) in [4.78, 5) is 14.7. The fourth-order valence-electron chi connectivity index (χ4n) is 2.07. The molecule has 1 aromatic carbocycles. The Morgan fingerprint density at radius 1 is 1.40 bits per heavy atom. The minimum Gasteiger partial charge on any atom is -0.338 e. The van der Waals surface area contributed by atoms with E-state index in [-0.39, 0.29) is 5.69 Å². The Hall–Kier alpha value is -2.70. The molecule has 20 heavy (non-hydrogen) atoms. The van der Waals surface area contributed by atoms with Gasteiger partial charge in [-0.15, -0.1) is 0 Å². The van der Waals surface area contributed by atoms with Gasteiger partial charge in [0, 0.05) is 30.1 Å². The number of rotatable bonds is 4. The molecule has 0 fully saturated rings. The van der Waals surface area contributed by atoms with Crippen LogP contribution in [0.15, 0.2) is 35.0 Å². The van der Waals surface area contributed by atoms with Crippen LogP contribution >= 0.6 is 0 Å². The molecule has 0 aliphatic carbocycles. The van der Waals surface area contributed by atoms with E-state index in [1.807, 2.05) is 23.8 Å². The van der Waals surface area contributed by atoms with Gasteiger partial charge in [-0.05, 0) is 12.1 Å². The highest BCUT2D eigenvalue weighted by atomic mass is 16.6. The first-order chi connectivity index (χ1) is 9.67. The lowest BCUT2D eigenvalue weighted by atomic mass is 10.2. The summed E-state index contributed by atoms with van der Waals surface area (Å²) in [5.74, 6) is 1.15. The summed E-state index contributed by atoms with van der Waals surface area (Å²) in [5, 5.41) is 15.6. The molecule has 0 aliphatic rings. The fraction of sp³-hybridized carbons (Fsp3) is 0.231. The van der Waals surface area contributed by atoms with Crippen molar-refractivity contribution in [1.82, 2.24) is 14.7 Å². The highest BCUT2D eigenvalue weighted by molar-refractivity contribution is 5.82. The first-order valence-electron chi connectivity index (χ1n) is 6.22. The van der Waals surface area contributed by atoms with E-state index in [1.165, 1.54) is 6.07 Å². The lowest BCUT2D eigenvalue weighted by molar-refractivity contribution is -0.384. The first kappa shape index (κ1) is 12.3. The normalized spacial score (nSPS) is 11.1. The van der Waals surface area contributed by atoms with Crippen LogP contribution in [-0.2, 0) is 13.0 Å². The Bertz CT molecular complexity index is 775. The molecule has 0 saturated heterocycles. The molecule has 0 spiro atoms. The molecule has 7 nitrogen and oxygen atoms in total. The van der Waals surface area contributed by atoms with Gasteiger partial charge in [0.05, 0.1) is 10.4 Å². The van der Waals surface area contributed by atoms with Gasteiger partial charge in [0.2, 0.25) is 5.89 Å². The van der Waals surface area contributed by atoms with Gasteiger partial charge in [0.15, 0.2) is 5.82 Å². The third kappa shape index (κ3) is 2.13. The molecule has 0 unspecified atom stereocenters. The molecular weight excluding hydrogens is 260 g/mol. The molecule has 3 aromatic rings. The van der Waals surface area contributed by atoms with Gasteiger partial charge in [-0.1, -0.05) is 12.1 Å². The number of fused-ring (bicyclic) bond motifs is 1. The summed E-state index contributed by atoms with van der Waals surface area (Å²) in [6, 6.07) is 6.67. The Labute approximate surface area is 114 Å². The van der Waals surface area contributed by atoms with E-state index < -0.39 is 4.92 Å². The average Bonchev–Trinajstić information content (AvgIpc) is 3.06. The summed E-state index contributed by atoms with van der Waals surface area (Å²) in [5.41, 5.74) is 0.840. The van der Waals surface area contributed by atoms with E-state index in [4.69, 9.17) is 4.52 Å². The van der Waals surface area contributed by atoms with E-state index in [1.54, 1.807) is 12.1 Å². The van der Waals surface area contributed by atoms with Crippen molar-refractivity contribution in [3.63, 3.8) is 0 Å². The Balaban J connectivity index is 1.98. The Morgan fingerprint density at radius 2 is 2.25 bits per heavy atom. The van der Waals surface area contributed by atoms with Crippen LogP contribution in [0.5, 0.6) is 0 Å². The van der Waals surface area contributed by atoms with Crippen molar-refractivity contribution < 1.29 is 9.45 Å². The van der Waals surface area contributed by atoms with Crippen LogP contribution in [0.4, 0.5) is 5.69 Å². The minimum absolute atomic E-state index is 0.0669. The Morgan fingerprint density at radius 3 is 2.95 bits per heavy atom. The van der Waals surface area contributed by atoms with Crippen LogP contribution in [0.25, 0.3) is 10.9 Å². The van der Waals surface area contributed by atoms with Crippen LogP contribution in [0.1, 0.15) is 18.6 Å². The maximum absolute atomic E-state index is 10.8. The zero-order valence-corrected chi connectivity index (χ0v) is 10.8. The fourth-order valence-corrected chi connectivity index (χ4v) is 2.07. The molecule has 0 saturated carbocycles. The molecular formula is C13H12N4O3. The molecule has 0 bridgehead atoms. The van der Waals surface area contributed by atoms with Gasteiger partial charge >= 0.3 is 0 Å². The van der Waals surface area contributed by atoms with Crippen molar-refractivity contribution in [2.24, 2.45) is 0 Å². The van der Waals surface area contributed by atoms with Gasteiger partial charge in [-0.3, -0.25) is 10.1 Å². The van der Waals surface area contributed by atoms with Crippen molar-refractivity contribution in [3.8, 4) is 0 Å². The lowest BCUT2D eigenvalue weighted by Crippen LogP contribution is -1.99. The topological polar surface area (TPSA) is 87.0 Å². The highest BCUT2D eigenvalue weighted by Gasteiger charge is 2.11. The molecule has 7 heteroatoms. The predicted molar refractivity (Wildman–Crippen MR) is 71.4 cm³/mol. The molecule has 3 rings (SSSR count). The van der Waals surface area contributed by atoms with Gasteiger partial charge in [0.1, 0.15) is 6.54 Å². The van der Waals surface area contributed by atoms with E-state index in [0.29, 0.717) is 24.7 Å². The number of hydrogen-bond acceptors (Lipinski definition) is 5. The second kappa shape index (κ2) is 4.76. The van der Waals surface area contributed by atoms with Crippen LogP contribution in [0.3, 0.4) is 0 Å². The average molecular weight is 272 g/mol. The third-order valence-electron chi connectivity index (χ3n) is 3.10. The van der Waals surface area contributed by atoms with Gasteiger partial charge < -0.3 is 9.09 Å². The smallest absolute Gasteiger partial charge is 0.271 e. The van der Waals surface area contributed by atoms with Gasteiger partial charge in [-0.2, -0.15) is 4.98 Å². The van der Waals surface area contributed by atoms with Crippen molar-refractivity contribution in [2.45, 2.75) is 19.9 Å². The van der Waals surface area contributed by atoms with Crippen LogP contribution < -0.4 is 0 Å². The van der Waals surface area contributed by atoms with Gasteiger partial charge in [0.25, 0.3) is 5.69 Å². The van der Waals surface area contributed by atoms with Gasteiger partial charge in [-0.25, -0.2) is 0 Å². The third-order valence-corrected chi connectivity index (χ3v) is 3.10. The monoisotopic (exact) mass is 272 g/mol. The van der Waals surface area contributed by atoms with E-state index in [9.17, 15) is 10.1 Å². The summed E-state index contributed by atoms with van der Waals surface area (Å²) >= 11 is 0. The standard InChI is InChI=1S/C13H12N4O3/c1-2-12-14-13(20-15-12)8-16-6-5-9-3-4-10(17(18)19)7-11(9)16/h3-7H,2,8H2,1H3. The number of nitrogens with zero attached hydrogens (tertiary/aromatic N) is 4. The lowest BCUT2D eigenvalue weighted by Gasteiger charge is -2.01. The molecule has 2 heterocycles. The van der Waals surface area contributed by atoms with E-state index in [2.05, 4.69) is 10.1 Å². The van der Waals surface area contributed by atoms with E-state index in [0.717, 1.165) is 10.9 Å². The molecule has 0 radical (unpaired) electrons. The summed E-state index contributed by atoms with van der Waals surface area (Å²) in [7, 11) is 0. The number of nitro groups is 1. The van der Waals surface area contributed by atoms with Crippen molar-refractivity contribution >= 4 is 16.6 Å². The molecule has 0 N–H and O–H groups in total. The van der Waals surface area contributed by atoms with Crippen molar-refractivity contribution in [2.75, 3.05) is 0 Å². The number of aryl methyl sites for hydroxylation is 1. The van der Waals surface area contributed by atoms with Crippen LogP contribution in [0.2, 0.25) is 0 Å². The zero-order valence-electron chi connectivity index (χ0n) is 10.8. The number of aromatic nitrogens is 3.